The Kier molecular flexibility index (Phi) is 3.86. The van der Waals surface area contributed by atoms with Gasteiger partial charge in [-0.25, -0.2) is 12.8 Å². The lowest BCUT2D eigenvalue weighted by Gasteiger charge is -2.10. The highest BCUT2D eigenvalue weighted by molar-refractivity contribution is 9.10. The second-order valence-electron chi connectivity index (χ2n) is 3.28. The third kappa shape index (κ3) is 3.89. The summed E-state index contributed by atoms with van der Waals surface area (Å²) in [5.74, 6) is -0.823. The normalized spacial score (nSPS) is 13.9. The highest BCUT2D eigenvalue weighted by Gasteiger charge is 2.15. The Balaban J connectivity index is 2.92. The van der Waals surface area contributed by atoms with Crippen LogP contribution in [0.25, 0.3) is 0 Å². The molecule has 0 fully saturated rings. The van der Waals surface area contributed by atoms with E-state index in [1.54, 1.807) is 0 Å². The molecule has 6 heteroatoms. The summed E-state index contributed by atoms with van der Waals surface area (Å²) >= 11 is 2.96. The largest absolute Gasteiger partial charge is 0.387 e. The summed E-state index contributed by atoms with van der Waals surface area (Å²) in [6.45, 7) is 0. The Labute approximate surface area is 96.0 Å². The Morgan fingerprint density at radius 3 is 2.60 bits per heavy atom. The Bertz CT molecular complexity index is 458. The summed E-state index contributed by atoms with van der Waals surface area (Å²) in [4.78, 5) is 0. The lowest BCUT2D eigenvalue weighted by Crippen LogP contribution is -2.12. The van der Waals surface area contributed by atoms with Crippen LogP contribution >= 0.6 is 15.9 Å². The zero-order valence-corrected chi connectivity index (χ0v) is 10.3. The average Bonchev–Trinajstić information content (AvgIpc) is 2.06. The number of aliphatic hydroxyl groups excluding tert-OH is 1. The summed E-state index contributed by atoms with van der Waals surface area (Å²) in [5.41, 5.74) is 0.369. The molecule has 15 heavy (non-hydrogen) atoms. The van der Waals surface area contributed by atoms with Crippen LogP contribution in [0.4, 0.5) is 4.39 Å². The molecule has 0 heterocycles. The fourth-order valence-corrected chi connectivity index (χ4v) is 2.27. The van der Waals surface area contributed by atoms with Crippen molar-refractivity contribution in [3.8, 4) is 0 Å². The smallest absolute Gasteiger partial charge is 0.150 e. The van der Waals surface area contributed by atoms with Gasteiger partial charge in [0.25, 0.3) is 0 Å². The first-order chi connectivity index (χ1) is 6.79. The zero-order chi connectivity index (χ0) is 11.6. The number of sulfone groups is 1. The molecule has 0 amide bonds. The molecule has 1 aromatic rings. The first-order valence-corrected chi connectivity index (χ1v) is 6.95. The van der Waals surface area contributed by atoms with Crippen molar-refractivity contribution in [3.63, 3.8) is 0 Å². The molecular weight excluding hydrogens is 287 g/mol. The molecule has 84 valence electrons. The lowest BCUT2D eigenvalue weighted by molar-refractivity contribution is 0.201. The molecule has 0 aliphatic heterocycles. The van der Waals surface area contributed by atoms with Crippen molar-refractivity contribution < 1.29 is 17.9 Å². The van der Waals surface area contributed by atoms with Gasteiger partial charge >= 0.3 is 0 Å². The van der Waals surface area contributed by atoms with Crippen molar-refractivity contribution in [2.75, 3.05) is 12.0 Å². The SMILES string of the molecule is CS(=O)(=O)CC(O)c1ccc(F)c(Br)c1. The number of aliphatic hydroxyl groups is 1. The fraction of sp³-hybridized carbons (Fsp3) is 0.333. The maximum Gasteiger partial charge on any atom is 0.150 e. The molecule has 3 nitrogen and oxygen atoms in total. The quantitative estimate of drug-likeness (QED) is 0.923. The fourth-order valence-electron chi connectivity index (χ4n) is 1.10. The summed E-state index contributed by atoms with van der Waals surface area (Å²) in [6.07, 6.45) is -0.0914. The van der Waals surface area contributed by atoms with Crippen molar-refractivity contribution in [3.05, 3.63) is 34.1 Å². The number of rotatable bonds is 3. The number of benzene rings is 1. The van der Waals surface area contributed by atoms with Gasteiger partial charge in [-0.1, -0.05) is 6.07 Å². The summed E-state index contributed by atoms with van der Waals surface area (Å²) < 4.78 is 34.9. The standard InChI is InChI=1S/C9H10BrFO3S/c1-15(13,14)5-9(12)6-2-3-8(11)7(10)4-6/h2-4,9,12H,5H2,1H3. The molecule has 0 aromatic heterocycles. The third-order valence-electron chi connectivity index (χ3n) is 1.79. The summed E-state index contributed by atoms with van der Waals surface area (Å²) in [5, 5.41) is 9.55. The van der Waals surface area contributed by atoms with Gasteiger partial charge in [0.2, 0.25) is 0 Å². The predicted molar refractivity (Wildman–Crippen MR) is 58.8 cm³/mol. The van der Waals surface area contributed by atoms with E-state index >= 15 is 0 Å². The number of halogens is 2. The van der Waals surface area contributed by atoms with Gasteiger partial charge in [-0.2, -0.15) is 0 Å². The van der Waals surface area contributed by atoms with Crippen molar-refractivity contribution in [1.29, 1.82) is 0 Å². The van der Waals surface area contributed by atoms with Crippen LogP contribution < -0.4 is 0 Å². The molecule has 0 spiro atoms. The molecule has 1 N–H and O–H groups in total. The van der Waals surface area contributed by atoms with Gasteiger partial charge in [0.15, 0.2) is 0 Å². The zero-order valence-electron chi connectivity index (χ0n) is 7.94. The van der Waals surface area contributed by atoms with Gasteiger partial charge in [-0.3, -0.25) is 0 Å². The molecule has 1 unspecified atom stereocenters. The van der Waals surface area contributed by atoms with Crippen LogP contribution in [0.1, 0.15) is 11.7 Å². The second kappa shape index (κ2) is 4.59. The van der Waals surface area contributed by atoms with E-state index in [4.69, 9.17) is 0 Å². The van der Waals surface area contributed by atoms with E-state index in [0.717, 1.165) is 6.26 Å². The van der Waals surface area contributed by atoms with Crippen LogP contribution in [-0.2, 0) is 9.84 Å². The molecule has 0 saturated carbocycles. The van der Waals surface area contributed by atoms with E-state index in [-0.39, 0.29) is 10.2 Å². The van der Waals surface area contributed by atoms with E-state index in [0.29, 0.717) is 5.56 Å². The van der Waals surface area contributed by atoms with Gasteiger partial charge in [0, 0.05) is 6.26 Å². The highest BCUT2D eigenvalue weighted by atomic mass is 79.9. The minimum absolute atomic E-state index is 0.201. The first-order valence-electron chi connectivity index (χ1n) is 4.10. The van der Waals surface area contributed by atoms with Gasteiger partial charge in [-0.15, -0.1) is 0 Å². The molecule has 0 aliphatic rings. The predicted octanol–water partition coefficient (Wildman–Crippen LogP) is 1.67. The maximum atomic E-state index is 12.9. The molecule has 0 radical (unpaired) electrons. The summed E-state index contributed by atoms with van der Waals surface area (Å²) in [7, 11) is -3.25. The van der Waals surface area contributed by atoms with E-state index in [9.17, 15) is 17.9 Å². The van der Waals surface area contributed by atoms with E-state index in [1.807, 2.05) is 0 Å². The van der Waals surface area contributed by atoms with Gasteiger partial charge in [0.05, 0.1) is 16.3 Å². The van der Waals surface area contributed by atoms with E-state index < -0.39 is 21.8 Å². The van der Waals surface area contributed by atoms with Crippen LogP contribution in [0, 0.1) is 5.82 Å². The van der Waals surface area contributed by atoms with Crippen molar-refractivity contribution >= 4 is 25.8 Å². The van der Waals surface area contributed by atoms with Crippen molar-refractivity contribution in [1.82, 2.24) is 0 Å². The Morgan fingerprint density at radius 2 is 2.13 bits per heavy atom. The van der Waals surface area contributed by atoms with Gasteiger partial charge < -0.3 is 5.11 Å². The maximum absolute atomic E-state index is 12.9. The first kappa shape index (κ1) is 12.6. The molecule has 0 aliphatic carbocycles. The van der Waals surface area contributed by atoms with E-state index in [1.165, 1.54) is 18.2 Å². The topological polar surface area (TPSA) is 54.4 Å². The Morgan fingerprint density at radius 1 is 1.53 bits per heavy atom. The number of hydrogen-bond acceptors (Lipinski definition) is 3. The third-order valence-corrected chi connectivity index (χ3v) is 3.32. The molecule has 1 aromatic carbocycles. The summed E-state index contributed by atoms with van der Waals surface area (Å²) in [6, 6.07) is 3.89. The van der Waals surface area contributed by atoms with E-state index in [2.05, 4.69) is 15.9 Å². The van der Waals surface area contributed by atoms with Crippen LogP contribution in [0.2, 0.25) is 0 Å². The molecular formula is C9H10BrFO3S. The second-order valence-corrected chi connectivity index (χ2v) is 6.32. The van der Waals surface area contributed by atoms with Gasteiger partial charge in [-0.05, 0) is 33.6 Å². The average molecular weight is 297 g/mol. The monoisotopic (exact) mass is 296 g/mol. The molecule has 0 bridgehead atoms. The van der Waals surface area contributed by atoms with Crippen LogP contribution in [0.3, 0.4) is 0 Å². The van der Waals surface area contributed by atoms with Crippen molar-refractivity contribution in [2.24, 2.45) is 0 Å². The van der Waals surface area contributed by atoms with Gasteiger partial charge in [0.1, 0.15) is 15.7 Å². The Hall–Kier alpha value is -0.460. The van der Waals surface area contributed by atoms with Crippen LogP contribution in [0.5, 0.6) is 0 Å². The van der Waals surface area contributed by atoms with Crippen LogP contribution in [-0.4, -0.2) is 25.5 Å². The van der Waals surface area contributed by atoms with Crippen LogP contribution in [0.15, 0.2) is 22.7 Å². The minimum atomic E-state index is -3.25. The van der Waals surface area contributed by atoms with Crippen molar-refractivity contribution in [2.45, 2.75) is 6.10 Å². The lowest BCUT2D eigenvalue weighted by atomic mass is 10.1. The highest BCUT2D eigenvalue weighted by Crippen LogP contribution is 2.22. The molecule has 1 rings (SSSR count). The minimum Gasteiger partial charge on any atom is -0.387 e. The number of hydrogen-bond donors (Lipinski definition) is 1. The molecule has 0 saturated heterocycles. The molecule has 1 atom stereocenters.